The molecular formula is C8H8BrNO3. The highest BCUT2D eigenvalue weighted by atomic mass is 79.9. The smallest absolute Gasteiger partial charge is 0.257 e. The van der Waals surface area contributed by atoms with Gasteiger partial charge in [-0.1, -0.05) is 0 Å². The summed E-state index contributed by atoms with van der Waals surface area (Å²) in [5, 5.41) is 8.93. The Morgan fingerprint density at radius 2 is 2.23 bits per heavy atom. The van der Waals surface area contributed by atoms with E-state index in [1.807, 2.05) is 0 Å². The molecule has 0 aliphatic carbocycles. The number of aliphatic hydroxyl groups excluding tert-OH is 1. The van der Waals surface area contributed by atoms with E-state index in [2.05, 4.69) is 20.9 Å². The van der Waals surface area contributed by atoms with Crippen molar-refractivity contribution < 1.29 is 14.6 Å². The van der Waals surface area contributed by atoms with Crippen LogP contribution in [0, 0.1) is 0 Å². The SMILES string of the molecule is OCc1nc2c(cc1Br)OCCO2. The van der Waals surface area contributed by atoms with Gasteiger partial charge in [-0.15, -0.1) is 0 Å². The number of aliphatic hydroxyl groups is 1. The molecule has 1 aliphatic heterocycles. The molecule has 0 atom stereocenters. The number of ether oxygens (including phenoxy) is 2. The predicted octanol–water partition coefficient (Wildman–Crippen LogP) is 1.11. The van der Waals surface area contributed by atoms with E-state index in [0.29, 0.717) is 30.5 Å². The van der Waals surface area contributed by atoms with Crippen LogP contribution in [0.4, 0.5) is 0 Å². The van der Waals surface area contributed by atoms with Gasteiger partial charge in [0.1, 0.15) is 13.2 Å². The molecule has 0 saturated heterocycles. The van der Waals surface area contributed by atoms with Crippen molar-refractivity contribution in [1.29, 1.82) is 0 Å². The summed E-state index contributed by atoms with van der Waals surface area (Å²) in [5.74, 6) is 1.08. The lowest BCUT2D eigenvalue weighted by Crippen LogP contribution is -2.17. The second-order valence-corrected chi connectivity index (χ2v) is 3.43. The Bertz CT molecular complexity index is 329. The minimum Gasteiger partial charge on any atom is -0.484 e. The summed E-state index contributed by atoms with van der Waals surface area (Å²) in [6.07, 6.45) is 0. The molecule has 5 heteroatoms. The van der Waals surface area contributed by atoms with E-state index >= 15 is 0 Å². The third-order valence-electron chi connectivity index (χ3n) is 1.71. The van der Waals surface area contributed by atoms with Gasteiger partial charge in [0.15, 0.2) is 5.75 Å². The van der Waals surface area contributed by atoms with E-state index in [1.165, 1.54) is 0 Å². The molecule has 0 amide bonds. The first-order valence-electron chi connectivity index (χ1n) is 3.87. The Balaban J connectivity index is 2.44. The number of aromatic nitrogens is 1. The second-order valence-electron chi connectivity index (χ2n) is 2.58. The fourth-order valence-corrected chi connectivity index (χ4v) is 1.52. The molecule has 0 aromatic carbocycles. The second kappa shape index (κ2) is 3.51. The molecule has 0 unspecified atom stereocenters. The van der Waals surface area contributed by atoms with Crippen molar-refractivity contribution in [2.24, 2.45) is 0 Å². The molecule has 13 heavy (non-hydrogen) atoms. The fraction of sp³-hybridized carbons (Fsp3) is 0.375. The van der Waals surface area contributed by atoms with Gasteiger partial charge in [-0.2, -0.15) is 0 Å². The van der Waals surface area contributed by atoms with Crippen LogP contribution in [-0.2, 0) is 6.61 Å². The van der Waals surface area contributed by atoms with E-state index in [1.54, 1.807) is 6.07 Å². The van der Waals surface area contributed by atoms with Crippen LogP contribution in [0.25, 0.3) is 0 Å². The Kier molecular flexibility index (Phi) is 2.37. The first-order valence-corrected chi connectivity index (χ1v) is 4.66. The highest BCUT2D eigenvalue weighted by Gasteiger charge is 2.15. The van der Waals surface area contributed by atoms with Crippen molar-refractivity contribution in [3.05, 3.63) is 16.2 Å². The number of hydrogen-bond donors (Lipinski definition) is 1. The summed E-state index contributed by atoms with van der Waals surface area (Å²) in [5.41, 5.74) is 0.559. The minimum atomic E-state index is -0.114. The van der Waals surface area contributed by atoms with E-state index in [9.17, 15) is 0 Å². The summed E-state index contributed by atoms with van der Waals surface area (Å²) in [6.45, 7) is 0.934. The van der Waals surface area contributed by atoms with Gasteiger partial charge in [0.05, 0.1) is 12.3 Å². The van der Waals surface area contributed by atoms with Gasteiger partial charge >= 0.3 is 0 Å². The summed E-state index contributed by atoms with van der Waals surface area (Å²) in [4.78, 5) is 4.09. The number of fused-ring (bicyclic) bond motifs is 1. The van der Waals surface area contributed by atoms with E-state index in [-0.39, 0.29) is 6.61 Å². The molecule has 0 spiro atoms. The Morgan fingerprint density at radius 1 is 1.46 bits per heavy atom. The number of nitrogens with zero attached hydrogens (tertiary/aromatic N) is 1. The summed E-state index contributed by atoms with van der Waals surface area (Å²) in [7, 11) is 0. The van der Waals surface area contributed by atoms with E-state index in [0.717, 1.165) is 4.47 Å². The molecule has 70 valence electrons. The molecule has 1 aromatic heterocycles. The summed E-state index contributed by atoms with van der Waals surface area (Å²) >= 11 is 3.28. The van der Waals surface area contributed by atoms with Crippen LogP contribution in [0.1, 0.15) is 5.69 Å². The molecule has 2 rings (SSSR count). The third-order valence-corrected chi connectivity index (χ3v) is 2.40. The first-order chi connectivity index (χ1) is 6.31. The molecular weight excluding hydrogens is 238 g/mol. The molecule has 0 bridgehead atoms. The zero-order valence-corrected chi connectivity index (χ0v) is 8.37. The van der Waals surface area contributed by atoms with E-state index in [4.69, 9.17) is 14.6 Å². The van der Waals surface area contributed by atoms with Gasteiger partial charge in [-0.25, -0.2) is 4.98 Å². The Hall–Kier alpha value is -0.810. The standard InChI is InChI=1S/C8H8BrNO3/c9-5-3-7-8(10-6(5)4-11)13-2-1-12-7/h3,11H,1-2,4H2. The Labute approximate surface area is 83.6 Å². The van der Waals surface area contributed by atoms with Gasteiger partial charge in [-0.05, 0) is 15.9 Å². The van der Waals surface area contributed by atoms with Crippen LogP contribution in [-0.4, -0.2) is 23.3 Å². The topological polar surface area (TPSA) is 51.6 Å². The lowest BCUT2D eigenvalue weighted by Gasteiger charge is -2.18. The fourth-order valence-electron chi connectivity index (χ4n) is 1.10. The lowest BCUT2D eigenvalue weighted by atomic mass is 10.3. The molecule has 1 N–H and O–H groups in total. The Morgan fingerprint density at radius 3 is 3.00 bits per heavy atom. The van der Waals surface area contributed by atoms with Crippen molar-refractivity contribution >= 4 is 15.9 Å². The first kappa shape index (κ1) is 8.77. The average molecular weight is 246 g/mol. The van der Waals surface area contributed by atoms with Crippen molar-refractivity contribution in [2.75, 3.05) is 13.2 Å². The summed E-state index contributed by atoms with van der Waals surface area (Å²) in [6, 6.07) is 1.76. The quantitative estimate of drug-likeness (QED) is 0.806. The molecule has 0 saturated carbocycles. The minimum absolute atomic E-state index is 0.114. The molecule has 1 aromatic rings. The molecule has 1 aliphatic rings. The van der Waals surface area contributed by atoms with Gasteiger partial charge in [-0.3, -0.25) is 0 Å². The number of pyridine rings is 1. The van der Waals surface area contributed by atoms with Gasteiger partial charge in [0.25, 0.3) is 5.88 Å². The zero-order chi connectivity index (χ0) is 9.26. The lowest BCUT2D eigenvalue weighted by molar-refractivity contribution is 0.162. The van der Waals surface area contributed by atoms with Gasteiger partial charge in [0, 0.05) is 10.5 Å². The normalized spacial score (nSPS) is 14.3. The molecule has 0 fully saturated rings. The third kappa shape index (κ3) is 1.62. The maximum Gasteiger partial charge on any atom is 0.257 e. The highest BCUT2D eigenvalue weighted by molar-refractivity contribution is 9.10. The predicted molar refractivity (Wildman–Crippen MR) is 48.8 cm³/mol. The van der Waals surface area contributed by atoms with Crippen LogP contribution >= 0.6 is 15.9 Å². The number of hydrogen-bond acceptors (Lipinski definition) is 4. The van der Waals surface area contributed by atoms with Crippen LogP contribution in [0.3, 0.4) is 0 Å². The van der Waals surface area contributed by atoms with Crippen LogP contribution in [0.5, 0.6) is 11.6 Å². The average Bonchev–Trinajstić information content (AvgIpc) is 2.17. The summed E-state index contributed by atoms with van der Waals surface area (Å²) < 4.78 is 11.3. The van der Waals surface area contributed by atoms with Crippen molar-refractivity contribution in [2.45, 2.75) is 6.61 Å². The van der Waals surface area contributed by atoms with Crippen molar-refractivity contribution in [3.8, 4) is 11.6 Å². The van der Waals surface area contributed by atoms with Gasteiger partial charge in [0.2, 0.25) is 0 Å². The number of halogens is 1. The number of rotatable bonds is 1. The molecule has 2 heterocycles. The van der Waals surface area contributed by atoms with Crippen LogP contribution in [0.2, 0.25) is 0 Å². The zero-order valence-electron chi connectivity index (χ0n) is 6.79. The van der Waals surface area contributed by atoms with Crippen LogP contribution < -0.4 is 9.47 Å². The molecule has 4 nitrogen and oxygen atoms in total. The largest absolute Gasteiger partial charge is 0.484 e. The molecule has 0 radical (unpaired) electrons. The van der Waals surface area contributed by atoms with Crippen molar-refractivity contribution in [1.82, 2.24) is 4.98 Å². The van der Waals surface area contributed by atoms with E-state index < -0.39 is 0 Å². The maximum absolute atomic E-state index is 8.93. The highest BCUT2D eigenvalue weighted by Crippen LogP contribution is 2.32. The van der Waals surface area contributed by atoms with Gasteiger partial charge < -0.3 is 14.6 Å². The van der Waals surface area contributed by atoms with Crippen molar-refractivity contribution in [3.63, 3.8) is 0 Å². The monoisotopic (exact) mass is 245 g/mol. The van der Waals surface area contributed by atoms with Crippen LogP contribution in [0.15, 0.2) is 10.5 Å². The maximum atomic E-state index is 8.93.